The Morgan fingerprint density at radius 2 is 2.00 bits per heavy atom. The van der Waals surface area contributed by atoms with Gasteiger partial charge in [-0.2, -0.15) is 13.2 Å². The van der Waals surface area contributed by atoms with Crippen LogP contribution in [-0.4, -0.2) is 31.2 Å². The monoisotopic (exact) mass is 319 g/mol. The van der Waals surface area contributed by atoms with Gasteiger partial charge in [-0.1, -0.05) is 11.6 Å². The number of aromatic nitrogens is 1. The summed E-state index contributed by atoms with van der Waals surface area (Å²) in [6.45, 7) is 0. The van der Waals surface area contributed by atoms with Crippen molar-refractivity contribution in [3.63, 3.8) is 0 Å². The molecule has 0 unspecified atom stereocenters. The van der Waals surface area contributed by atoms with E-state index in [1.165, 1.54) is 0 Å². The SMILES string of the molecule is CS(=O)(=O)CCSc1cc(C(F)(F)F)cc(Cl)n1. The summed E-state index contributed by atoms with van der Waals surface area (Å²) in [6, 6.07) is 1.57. The molecular formula is C9H9ClF3NO2S2. The van der Waals surface area contributed by atoms with Crippen LogP contribution in [0.5, 0.6) is 0 Å². The standard InChI is InChI=1S/C9H9ClF3NO2S2/c1-18(15,16)3-2-17-8-5-6(9(11,12)13)4-7(10)14-8/h4-5H,2-3H2,1H3. The Morgan fingerprint density at radius 3 is 2.50 bits per heavy atom. The molecule has 0 aliphatic carbocycles. The van der Waals surface area contributed by atoms with Gasteiger partial charge < -0.3 is 0 Å². The van der Waals surface area contributed by atoms with Gasteiger partial charge in [0, 0.05) is 12.0 Å². The molecule has 1 rings (SSSR count). The van der Waals surface area contributed by atoms with Crippen molar-refractivity contribution < 1.29 is 21.6 Å². The van der Waals surface area contributed by atoms with Gasteiger partial charge in [-0.3, -0.25) is 0 Å². The van der Waals surface area contributed by atoms with Crippen molar-refractivity contribution in [3.05, 3.63) is 22.8 Å². The summed E-state index contributed by atoms with van der Waals surface area (Å²) in [5.74, 6) is -0.00329. The summed E-state index contributed by atoms with van der Waals surface area (Å²) in [6.07, 6.45) is -3.45. The number of rotatable bonds is 4. The number of hydrogen-bond donors (Lipinski definition) is 0. The maximum atomic E-state index is 12.5. The van der Waals surface area contributed by atoms with Crippen molar-refractivity contribution in [1.29, 1.82) is 0 Å². The molecule has 3 nitrogen and oxygen atoms in total. The smallest absolute Gasteiger partial charge is 0.230 e. The molecular weight excluding hydrogens is 311 g/mol. The van der Waals surface area contributed by atoms with Crippen molar-refractivity contribution in [1.82, 2.24) is 4.98 Å². The van der Waals surface area contributed by atoms with Crippen LogP contribution in [0.4, 0.5) is 13.2 Å². The fourth-order valence-electron chi connectivity index (χ4n) is 1.01. The third-order valence-electron chi connectivity index (χ3n) is 1.80. The maximum Gasteiger partial charge on any atom is 0.416 e. The lowest BCUT2D eigenvalue weighted by Crippen LogP contribution is -2.07. The van der Waals surface area contributed by atoms with Crippen molar-refractivity contribution in [3.8, 4) is 0 Å². The lowest BCUT2D eigenvalue weighted by atomic mass is 10.3. The molecule has 0 aliphatic rings. The van der Waals surface area contributed by atoms with Crippen LogP contribution in [0.25, 0.3) is 0 Å². The summed E-state index contributed by atoms with van der Waals surface area (Å²) in [5.41, 5.74) is -0.899. The largest absolute Gasteiger partial charge is 0.416 e. The number of nitrogens with zero attached hydrogens (tertiary/aromatic N) is 1. The van der Waals surface area contributed by atoms with Gasteiger partial charge in [0.2, 0.25) is 0 Å². The molecule has 9 heteroatoms. The molecule has 0 aliphatic heterocycles. The molecule has 0 saturated heterocycles. The molecule has 0 fully saturated rings. The molecule has 102 valence electrons. The second-order valence-electron chi connectivity index (χ2n) is 3.49. The van der Waals surface area contributed by atoms with Crippen molar-refractivity contribution in [2.24, 2.45) is 0 Å². The van der Waals surface area contributed by atoms with Crippen LogP contribution in [0.15, 0.2) is 17.2 Å². The Bertz CT molecular complexity index is 531. The molecule has 0 bridgehead atoms. The van der Waals surface area contributed by atoms with E-state index in [0.29, 0.717) is 0 Å². The fourth-order valence-corrected chi connectivity index (χ4v) is 3.39. The van der Waals surface area contributed by atoms with E-state index >= 15 is 0 Å². The third-order valence-corrected chi connectivity index (χ3v) is 4.11. The van der Waals surface area contributed by atoms with E-state index in [4.69, 9.17) is 11.6 Å². The summed E-state index contributed by atoms with van der Waals surface area (Å²) in [4.78, 5) is 3.70. The lowest BCUT2D eigenvalue weighted by Gasteiger charge is -2.08. The zero-order valence-electron chi connectivity index (χ0n) is 9.16. The van der Waals surface area contributed by atoms with Gasteiger partial charge in [0.1, 0.15) is 15.0 Å². The van der Waals surface area contributed by atoms with Gasteiger partial charge in [0.05, 0.1) is 16.3 Å². The molecule has 0 radical (unpaired) electrons. The predicted octanol–water partition coefficient (Wildman–Crippen LogP) is 2.89. The van der Waals surface area contributed by atoms with Crippen LogP contribution < -0.4 is 0 Å². The van der Waals surface area contributed by atoms with Crippen LogP contribution >= 0.6 is 23.4 Å². The van der Waals surface area contributed by atoms with Gasteiger partial charge in [0.25, 0.3) is 0 Å². The summed E-state index contributed by atoms with van der Waals surface area (Å²) < 4.78 is 59.2. The van der Waals surface area contributed by atoms with E-state index in [2.05, 4.69) is 4.98 Å². The molecule has 18 heavy (non-hydrogen) atoms. The van der Waals surface area contributed by atoms with Crippen molar-refractivity contribution in [2.75, 3.05) is 17.8 Å². The highest BCUT2D eigenvalue weighted by Crippen LogP contribution is 2.32. The van der Waals surface area contributed by atoms with Gasteiger partial charge in [0.15, 0.2) is 0 Å². The summed E-state index contributed by atoms with van der Waals surface area (Å²) in [5, 5.41) is -0.217. The number of halogens is 4. The van der Waals surface area contributed by atoms with Gasteiger partial charge in [-0.15, -0.1) is 11.8 Å². The zero-order valence-corrected chi connectivity index (χ0v) is 11.5. The van der Waals surface area contributed by atoms with Crippen molar-refractivity contribution >= 4 is 33.2 Å². The molecule has 0 aromatic carbocycles. The van der Waals surface area contributed by atoms with Crippen molar-refractivity contribution in [2.45, 2.75) is 11.2 Å². The number of pyridine rings is 1. The molecule has 1 aromatic heterocycles. The van der Waals surface area contributed by atoms with E-state index in [0.717, 1.165) is 30.2 Å². The summed E-state index contributed by atoms with van der Waals surface area (Å²) in [7, 11) is -3.15. The first-order valence-corrected chi connectivity index (χ1v) is 8.05. The van der Waals surface area contributed by atoms with Crippen LogP contribution in [0.2, 0.25) is 5.15 Å². The Hall–Kier alpha value is -0.470. The molecule has 1 heterocycles. The van der Waals surface area contributed by atoms with Crippen LogP contribution in [0.3, 0.4) is 0 Å². The second kappa shape index (κ2) is 5.66. The van der Waals surface area contributed by atoms with Gasteiger partial charge in [-0.25, -0.2) is 13.4 Å². The number of alkyl halides is 3. The lowest BCUT2D eigenvalue weighted by molar-refractivity contribution is -0.137. The first kappa shape index (κ1) is 15.6. The minimum atomic E-state index is -4.50. The van der Waals surface area contributed by atoms with Crippen LogP contribution in [0.1, 0.15) is 5.56 Å². The van der Waals surface area contributed by atoms with E-state index in [1.807, 2.05) is 0 Å². The highest BCUT2D eigenvalue weighted by Gasteiger charge is 2.31. The van der Waals surface area contributed by atoms with Gasteiger partial charge in [-0.05, 0) is 12.1 Å². The van der Waals surface area contributed by atoms with E-state index < -0.39 is 21.6 Å². The third kappa shape index (κ3) is 5.45. The number of sulfone groups is 1. The van der Waals surface area contributed by atoms with E-state index in [1.54, 1.807) is 0 Å². The molecule has 0 atom stereocenters. The Morgan fingerprint density at radius 1 is 1.39 bits per heavy atom. The normalized spacial score (nSPS) is 12.7. The van der Waals surface area contributed by atoms with Crippen LogP contribution in [-0.2, 0) is 16.0 Å². The molecule has 0 amide bonds. The molecule has 0 spiro atoms. The maximum absolute atomic E-state index is 12.5. The Balaban J connectivity index is 2.81. The molecule has 0 N–H and O–H groups in total. The zero-order chi connectivity index (χ0) is 14.0. The number of hydrogen-bond acceptors (Lipinski definition) is 4. The Kier molecular flexibility index (Phi) is 4.90. The highest BCUT2D eigenvalue weighted by atomic mass is 35.5. The first-order valence-electron chi connectivity index (χ1n) is 4.63. The first-order chi connectivity index (χ1) is 8.08. The topological polar surface area (TPSA) is 47.0 Å². The fraction of sp³-hybridized carbons (Fsp3) is 0.444. The Labute approximate surface area is 112 Å². The van der Waals surface area contributed by atoms with E-state index in [-0.39, 0.29) is 21.7 Å². The molecule has 0 saturated carbocycles. The average Bonchev–Trinajstić information content (AvgIpc) is 2.13. The van der Waals surface area contributed by atoms with Crippen LogP contribution in [0, 0.1) is 0 Å². The second-order valence-corrected chi connectivity index (χ2v) is 7.26. The minimum Gasteiger partial charge on any atom is -0.230 e. The minimum absolute atomic E-state index is 0.0541. The highest BCUT2D eigenvalue weighted by molar-refractivity contribution is 8.00. The number of thioether (sulfide) groups is 1. The molecule has 1 aromatic rings. The van der Waals surface area contributed by atoms with Gasteiger partial charge >= 0.3 is 6.18 Å². The van der Waals surface area contributed by atoms with E-state index in [9.17, 15) is 21.6 Å². The predicted molar refractivity (Wildman–Crippen MR) is 64.7 cm³/mol. The average molecular weight is 320 g/mol. The quantitative estimate of drug-likeness (QED) is 0.632. The summed E-state index contributed by atoms with van der Waals surface area (Å²) >= 11 is 6.40.